The average Bonchev–Trinajstić information content (AvgIpc) is 3.43. The van der Waals surface area contributed by atoms with Crippen LogP contribution in [0.15, 0.2) is 36.6 Å². The standard InChI is InChI=1S/C25H25N5O2/c1-30-12-11-25(32,24(30)31)10-9-16-5-4-8-18(13-16)20-14-19(17-6-2-3-7-17)21-22(29-20)23(26)28-15-27-21/h4-5,8,13-15,17,32H,2-3,6-7,11-12H2,1H3,(H2,26,27,28)/t25-/m0/s1/i15D. The molecule has 1 aliphatic carbocycles. The molecule has 0 unspecified atom stereocenters. The summed E-state index contributed by atoms with van der Waals surface area (Å²) in [4.78, 5) is 26.8. The van der Waals surface area contributed by atoms with Gasteiger partial charge in [-0.05, 0) is 42.5 Å². The van der Waals surface area contributed by atoms with Crippen LogP contribution in [0.25, 0.3) is 22.3 Å². The van der Waals surface area contributed by atoms with E-state index in [0.29, 0.717) is 35.5 Å². The fourth-order valence-electron chi connectivity index (χ4n) is 4.63. The van der Waals surface area contributed by atoms with Crippen LogP contribution >= 0.6 is 0 Å². The Balaban J connectivity index is 1.58. The van der Waals surface area contributed by atoms with Crippen LogP contribution in [0.2, 0.25) is 0 Å². The number of amides is 1. The second kappa shape index (κ2) is 7.88. The number of rotatable bonds is 2. The van der Waals surface area contributed by atoms with Crippen LogP contribution in [0.1, 0.15) is 50.5 Å². The van der Waals surface area contributed by atoms with E-state index in [1.54, 1.807) is 7.05 Å². The first-order valence-corrected chi connectivity index (χ1v) is 10.9. The molecule has 3 N–H and O–H groups in total. The van der Waals surface area contributed by atoms with Gasteiger partial charge in [0, 0.05) is 31.1 Å². The molecule has 1 aromatic carbocycles. The normalized spacial score (nSPS) is 21.6. The number of aliphatic hydroxyl groups is 1. The van der Waals surface area contributed by atoms with Crippen molar-refractivity contribution >= 4 is 22.8 Å². The molecule has 3 aromatic rings. The molecule has 0 bridgehead atoms. The number of likely N-dealkylation sites (N-methyl/N-ethyl adjacent to an activating group) is 1. The Bertz CT molecular complexity index is 1330. The van der Waals surface area contributed by atoms with Gasteiger partial charge in [-0.25, -0.2) is 15.0 Å². The summed E-state index contributed by atoms with van der Waals surface area (Å²) in [6.07, 6.45) is 4.67. The highest BCUT2D eigenvalue weighted by Crippen LogP contribution is 2.39. The summed E-state index contributed by atoms with van der Waals surface area (Å²) in [7, 11) is 1.66. The lowest BCUT2D eigenvalue weighted by Crippen LogP contribution is -2.37. The smallest absolute Gasteiger partial charge is 0.267 e. The lowest BCUT2D eigenvalue weighted by molar-refractivity contribution is -0.137. The summed E-state index contributed by atoms with van der Waals surface area (Å²) in [5, 5.41) is 10.6. The molecular formula is C25H25N5O2. The van der Waals surface area contributed by atoms with Crippen molar-refractivity contribution in [2.24, 2.45) is 0 Å². The topological polar surface area (TPSA) is 105 Å². The number of anilines is 1. The van der Waals surface area contributed by atoms with Gasteiger partial charge in [-0.3, -0.25) is 4.79 Å². The molecule has 0 radical (unpaired) electrons. The second-order valence-electron chi connectivity index (χ2n) is 8.65. The number of nitrogen functional groups attached to an aromatic ring is 1. The van der Waals surface area contributed by atoms with Gasteiger partial charge < -0.3 is 15.7 Å². The summed E-state index contributed by atoms with van der Waals surface area (Å²) < 4.78 is 7.90. The molecular weight excluding hydrogens is 402 g/mol. The zero-order valence-corrected chi connectivity index (χ0v) is 17.9. The largest absolute Gasteiger partial charge is 0.382 e. The molecule has 2 fully saturated rings. The Morgan fingerprint density at radius 2 is 2.06 bits per heavy atom. The van der Waals surface area contributed by atoms with E-state index >= 15 is 0 Å². The molecule has 1 atom stereocenters. The number of carbonyl (C=O) groups is 1. The van der Waals surface area contributed by atoms with Crippen LogP contribution in [-0.4, -0.2) is 50.1 Å². The van der Waals surface area contributed by atoms with Gasteiger partial charge in [-0.15, -0.1) is 0 Å². The van der Waals surface area contributed by atoms with Crippen molar-refractivity contribution in [3.05, 3.63) is 47.8 Å². The third-order valence-electron chi connectivity index (χ3n) is 6.47. The van der Waals surface area contributed by atoms with E-state index in [1.165, 1.54) is 17.7 Å². The Labute approximate surface area is 188 Å². The molecule has 162 valence electrons. The van der Waals surface area contributed by atoms with Gasteiger partial charge in [-0.2, -0.15) is 0 Å². The van der Waals surface area contributed by atoms with E-state index in [2.05, 4.69) is 21.8 Å². The molecule has 7 nitrogen and oxygen atoms in total. The van der Waals surface area contributed by atoms with Crippen LogP contribution < -0.4 is 5.73 Å². The van der Waals surface area contributed by atoms with Gasteiger partial charge in [-0.1, -0.05) is 36.8 Å². The van der Waals surface area contributed by atoms with Gasteiger partial charge in [0.25, 0.3) is 5.91 Å². The Morgan fingerprint density at radius 3 is 2.81 bits per heavy atom. The maximum atomic E-state index is 12.2. The predicted octanol–water partition coefficient (Wildman–Crippen LogP) is 2.88. The van der Waals surface area contributed by atoms with Crippen LogP contribution in [-0.2, 0) is 4.79 Å². The number of hydrogen-bond donors (Lipinski definition) is 2. The van der Waals surface area contributed by atoms with Crippen LogP contribution in [0.4, 0.5) is 5.82 Å². The molecule has 1 aliphatic heterocycles. The van der Waals surface area contributed by atoms with Crippen LogP contribution in [0.3, 0.4) is 0 Å². The number of hydrogen-bond acceptors (Lipinski definition) is 6. The zero-order chi connectivity index (χ0) is 23.2. The molecule has 2 aromatic heterocycles. The highest BCUT2D eigenvalue weighted by molar-refractivity contribution is 5.91. The first-order chi connectivity index (χ1) is 15.8. The third-order valence-corrected chi connectivity index (χ3v) is 6.47. The van der Waals surface area contributed by atoms with Crippen molar-refractivity contribution in [1.82, 2.24) is 19.9 Å². The molecule has 2 aliphatic rings. The summed E-state index contributed by atoms with van der Waals surface area (Å²) >= 11 is 0. The minimum atomic E-state index is -1.64. The zero-order valence-electron chi connectivity index (χ0n) is 18.9. The van der Waals surface area contributed by atoms with E-state index in [1.807, 2.05) is 30.3 Å². The van der Waals surface area contributed by atoms with Crippen molar-refractivity contribution in [2.45, 2.75) is 43.6 Å². The third kappa shape index (κ3) is 3.57. The fraction of sp³-hybridized carbons (Fsp3) is 0.360. The molecule has 7 heteroatoms. The maximum Gasteiger partial charge on any atom is 0.267 e. The van der Waals surface area contributed by atoms with Crippen molar-refractivity contribution < 1.29 is 11.3 Å². The molecule has 1 saturated heterocycles. The number of nitrogens with two attached hydrogens (primary N) is 1. The number of likely N-dealkylation sites (tertiary alicyclic amines) is 1. The number of nitrogens with zero attached hydrogens (tertiary/aromatic N) is 4. The van der Waals surface area contributed by atoms with Crippen molar-refractivity contribution in [3.8, 4) is 23.1 Å². The summed E-state index contributed by atoms with van der Waals surface area (Å²) in [6, 6.07) is 9.59. The number of fused-ring (bicyclic) bond motifs is 1. The van der Waals surface area contributed by atoms with Crippen LogP contribution in [0.5, 0.6) is 0 Å². The van der Waals surface area contributed by atoms with Gasteiger partial charge in [0.15, 0.2) is 5.82 Å². The monoisotopic (exact) mass is 428 g/mol. The second-order valence-corrected chi connectivity index (χ2v) is 8.65. The Kier molecular flexibility index (Phi) is 4.73. The molecule has 1 saturated carbocycles. The SMILES string of the molecule is [2H]c1nc(N)c2nc(-c3cccc(C#C[C@]4(O)CCN(C)C4=O)c3)cc(C3CCCC3)c2n1. The number of carbonyl (C=O) groups excluding carboxylic acids is 1. The van der Waals surface area contributed by atoms with Crippen molar-refractivity contribution in [2.75, 3.05) is 19.3 Å². The predicted molar refractivity (Wildman–Crippen MR) is 122 cm³/mol. The van der Waals surface area contributed by atoms with E-state index in [-0.39, 0.29) is 18.0 Å². The average molecular weight is 429 g/mol. The maximum absolute atomic E-state index is 12.2. The number of aromatic nitrogens is 3. The first-order valence-electron chi connectivity index (χ1n) is 11.4. The number of benzene rings is 1. The van der Waals surface area contributed by atoms with Gasteiger partial charge in [0.1, 0.15) is 13.2 Å². The van der Waals surface area contributed by atoms with E-state index in [0.717, 1.165) is 29.7 Å². The van der Waals surface area contributed by atoms with Gasteiger partial charge in [0.05, 0.1) is 11.2 Å². The highest BCUT2D eigenvalue weighted by Gasteiger charge is 2.42. The van der Waals surface area contributed by atoms with Crippen LogP contribution in [0, 0.1) is 11.8 Å². The Hall–Kier alpha value is -3.50. The summed E-state index contributed by atoms with van der Waals surface area (Å²) in [5.74, 6) is 5.92. The van der Waals surface area contributed by atoms with Crippen molar-refractivity contribution in [3.63, 3.8) is 0 Å². The Morgan fingerprint density at radius 1 is 1.25 bits per heavy atom. The minimum absolute atomic E-state index is 0.101. The first kappa shape index (κ1) is 19.2. The van der Waals surface area contributed by atoms with Gasteiger partial charge >= 0.3 is 0 Å². The summed E-state index contributed by atoms with van der Waals surface area (Å²) in [5.41, 5.74) is 8.98. The molecule has 5 rings (SSSR count). The highest BCUT2D eigenvalue weighted by atomic mass is 16.3. The molecule has 3 heterocycles. The number of pyridine rings is 1. The lowest BCUT2D eigenvalue weighted by Gasteiger charge is -2.15. The molecule has 1 amide bonds. The van der Waals surface area contributed by atoms with Gasteiger partial charge in [0.2, 0.25) is 5.60 Å². The van der Waals surface area contributed by atoms with Crippen molar-refractivity contribution in [1.29, 1.82) is 0 Å². The fourth-order valence-corrected chi connectivity index (χ4v) is 4.63. The van der Waals surface area contributed by atoms with E-state index in [9.17, 15) is 9.90 Å². The lowest BCUT2D eigenvalue weighted by atomic mass is 9.94. The molecule has 0 spiro atoms. The molecule has 32 heavy (non-hydrogen) atoms. The van der Waals surface area contributed by atoms with E-state index in [4.69, 9.17) is 12.1 Å². The van der Waals surface area contributed by atoms with E-state index < -0.39 is 5.60 Å². The minimum Gasteiger partial charge on any atom is -0.382 e. The summed E-state index contributed by atoms with van der Waals surface area (Å²) in [6.45, 7) is 0.485. The quantitative estimate of drug-likeness (QED) is 0.608.